The molecule has 0 saturated carbocycles. The monoisotopic (exact) mass is 315 g/mol. The van der Waals surface area contributed by atoms with Crippen molar-refractivity contribution in [2.24, 2.45) is 4.99 Å². The topological polar surface area (TPSA) is 32.6 Å². The van der Waals surface area contributed by atoms with E-state index in [0.717, 1.165) is 27.9 Å². The predicted molar refractivity (Wildman–Crippen MR) is 101 cm³/mol. The van der Waals surface area contributed by atoms with E-state index < -0.39 is 0 Å². The molecule has 2 nitrogen and oxygen atoms in total. The lowest BCUT2D eigenvalue weighted by Crippen LogP contribution is -1.89. The summed E-state index contributed by atoms with van der Waals surface area (Å²) in [4.78, 5) is 4.55. The highest BCUT2D eigenvalue weighted by molar-refractivity contribution is 5.90. The van der Waals surface area contributed by atoms with Gasteiger partial charge in [0.05, 0.1) is 5.69 Å². The summed E-state index contributed by atoms with van der Waals surface area (Å²) in [7, 11) is 0. The molecular formula is C22H21NO. The Bertz CT molecular complexity index is 875. The standard InChI is InChI=1S/C22H21NO/c1-15-9-16(2)12-20(11-15)23-14-19-10-17(3)13-21(22(19)24)18-7-5-4-6-8-18/h4-14,24H,1-3H3. The zero-order valence-electron chi connectivity index (χ0n) is 14.2. The van der Waals surface area contributed by atoms with Gasteiger partial charge >= 0.3 is 0 Å². The van der Waals surface area contributed by atoms with Crippen LogP contribution < -0.4 is 0 Å². The molecule has 0 atom stereocenters. The van der Waals surface area contributed by atoms with E-state index in [0.29, 0.717) is 0 Å². The molecule has 0 aliphatic rings. The van der Waals surface area contributed by atoms with Gasteiger partial charge in [-0.05, 0) is 67.3 Å². The number of hydrogen-bond donors (Lipinski definition) is 1. The molecule has 0 unspecified atom stereocenters. The average Bonchev–Trinajstić information content (AvgIpc) is 2.55. The van der Waals surface area contributed by atoms with Crippen LogP contribution in [-0.2, 0) is 0 Å². The Morgan fingerprint density at radius 1 is 0.792 bits per heavy atom. The van der Waals surface area contributed by atoms with Gasteiger partial charge in [0.2, 0.25) is 0 Å². The Kier molecular flexibility index (Phi) is 4.48. The van der Waals surface area contributed by atoms with E-state index in [1.807, 2.05) is 61.5 Å². The minimum atomic E-state index is 0.264. The van der Waals surface area contributed by atoms with Crippen LogP contribution in [0.25, 0.3) is 11.1 Å². The van der Waals surface area contributed by atoms with Gasteiger partial charge in [-0.1, -0.05) is 36.4 Å². The molecule has 2 heteroatoms. The first kappa shape index (κ1) is 16.0. The third-order valence-electron chi connectivity index (χ3n) is 3.93. The van der Waals surface area contributed by atoms with Crippen LogP contribution in [0.1, 0.15) is 22.3 Å². The van der Waals surface area contributed by atoms with Crippen LogP contribution in [0.5, 0.6) is 5.75 Å². The molecule has 1 N–H and O–H groups in total. The van der Waals surface area contributed by atoms with Crippen molar-refractivity contribution >= 4 is 11.9 Å². The zero-order chi connectivity index (χ0) is 17.1. The minimum Gasteiger partial charge on any atom is -0.507 e. The number of hydrogen-bond acceptors (Lipinski definition) is 2. The van der Waals surface area contributed by atoms with Crippen molar-refractivity contribution in [2.45, 2.75) is 20.8 Å². The molecule has 3 rings (SSSR count). The number of phenolic OH excluding ortho intramolecular Hbond substituents is 1. The molecule has 3 aromatic rings. The van der Waals surface area contributed by atoms with Crippen molar-refractivity contribution < 1.29 is 5.11 Å². The third-order valence-corrected chi connectivity index (χ3v) is 3.93. The number of aromatic hydroxyl groups is 1. The lowest BCUT2D eigenvalue weighted by molar-refractivity contribution is 0.476. The molecule has 120 valence electrons. The number of rotatable bonds is 3. The van der Waals surface area contributed by atoms with Crippen molar-refractivity contribution in [3.05, 3.63) is 82.9 Å². The molecule has 0 spiro atoms. The summed E-state index contributed by atoms with van der Waals surface area (Å²) in [6, 6.07) is 20.1. The summed E-state index contributed by atoms with van der Waals surface area (Å²) in [5.74, 6) is 0.264. The summed E-state index contributed by atoms with van der Waals surface area (Å²) in [6.07, 6.45) is 1.74. The molecule has 0 aromatic heterocycles. The van der Waals surface area contributed by atoms with Crippen molar-refractivity contribution in [2.75, 3.05) is 0 Å². The number of benzene rings is 3. The second kappa shape index (κ2) is 6.71. The van der Waals surface area contributed by atoms with Crippen LogP contribution in [0.4, 0.5) is 5.69 Å². The Hall–Kier alpha value is -2.87. The maximum absolute atomic E-state index is 10.7. The normalized spacial score (nSPS) is 11.1. The molecule has 0 fully saturated rings. The van der Waals surface area contributed by atoms with Crippen LogP contribution in [0.3, 0.4) is 0 Å². The van der Waals surface area contributed by atoms with Gasteiger partial charge in [-0.15, -0.1) is 0 Å². The van der Waals surface area contributed by atoms with Gasteiger partial charge in [0.15, 0.2) is 0 Å². The fourth-order valence-electron chi connectivity index (χ4n) is 2.91. The van der Waals surface area contributed by atoms with Gasteiger partial charge in [0, 0.05) is 17.3 Å². The summed E-state index contributed by atoms with van der Waals surface area (Å²) >= 11 is 0. The van der Waals surface area contributed by atoms with Crippen molar-refractivity contribution in [1.82, 2.24) is 0 Å². The highest BCUT2D eigenvalue weighted by Gasteiger charge is 2.09. The third kappa shape index (κ3) is 3.54. The maximum Gasteiger partial charge on any atom is 0.132 e. The van der Waals surface area contributed by atoms with Crippen molar-refractivity contribution in [3.8, 4) is 16.9 Å². The number of aryl methyl sites for hydroxylation is 3. The van der Waals surface area contributed by atoms with Crippen LogP contribution in [-0.4, -0.2) is 11.3 Å². The highest BCUT2D eigenvalue weighted by Crippen LogP contribution is 2.33. The quantitative estimate of drug-likeness (QED) is 0.615. The van der Waals surface area contributed by atoms with Gasteiger partial charge in [0.25, 0.3) is 0 Å². The maximum atomic E-state index is 10.7. The Balaban J connectivity index is 2.02. The van der Waals surface area contributed by atoms with Gasteiger partial charge in [-0.25, -0.2) is 0 Å². The fraction of sp³-hybridized carbons (Fsp3) is 0.136. The number of phenols is 1. The summed E-state index contributed by atoms with van der Waals surface area (Å²) in [5, 5.41) is 10.7. The molecule has 0 aliphatic carbocycles. The number of aliphatic imine (C=N–C) groups is 1. The van der Waals surface area contributed by atoms with Crippen molar-refractivity contribution in [1.29, 1.82) is 0 Å². The van der Waals surface area contributed by atoms with Crippen LogP contribution in [0.2, 0.25) is 0 Å². The molecular weight excluding hydrogens is 294 g/mol. The molecule has 24 heavy (non-hydrogen) atoms. The van der Waals surface area contributed by atoms with E-state index >= 15 is 0 Å². The van der Waals surface area contributed by atoms with Crippen LogP contribution in [0.15, 0.2) is 65.7 Å². The Morgan fingerprint density at radius 2 is 1.42 bits per heavy atom. The van der Waals surface area contributed by atoms with Crippen LogP contribution in [0, 0.1) is 20.8 Å². The van der Waals surface area contributed by atoms with E-state index in [2.05, 4.69) is 24.9 Å². The molecule has 3 aromatic carbocycles. The first-order valence-electron chi connectivity index (χ1n) is 8.04. The summed E-state index contributed by atoms with van der Waals surface area (Å²) in [5.41, 5.74) is 6.91. The Morgan fingerprint density at radius 3 is 2.08 bits per heavy atom. The van der Waals surface area contributed by atoms with E-state index in [4.69, 9.17) is 0 Å². The Labute approximate surface area is 143 Å². The molecule has 0 amide bonds. The lowest BCUT2D eigenvalue weighted by atomic mass is 9.99. The number of nitrogens with zero attached hydrogens (tertiary/aromatic N) is 1. The predicted octanol–water partition coefficient (Wildman–Crippen LogP) is 5.74. The minimum absolute atomic E-state index is 0.264. The van der Waals surface area contributed by atoms with Gasteiger partial charge in [-0.3, -0.25) is 4.99 Å². The SMILES string of the molecule is Cc1cc(C)cc(N=Cc2cc(C)cc(-c3ccccc3)c2O)c1. The fourth-order valence-corrected chi connectivity index (χ4v) is 2.91. The van der Waals surface area contributed by atoms with Gasteiger partial charge in [0.1, 0.15) is 5.75 Å². The second-order valence-corrected chi connectivity index (χ2v) is 6.22. The van der Waals surface area contributed by atoms with Crippen molar-refractivity contribution in [3.63, 3.8) is 0 Å². The van der Waals surface area contributed by atoms with Gasteiger partial charge < -0.3 is 5.11 Å². The zero-order valence-corrected chi connectivity index (χ0v) is 14.2. The summed E-state index contributed by atoms with van der Waals surface area (Å²) < 4.78 is 0. The first-order chi connectivity index (χ1) is 11.5. The van der Waals surface area contributed by atoms with E-state index in [1.54, 1.807) is 6.21 Å². The molecule has 0 bridgehead atoms. The lowest BCUT2D eigenvalue weighted by Gasteiger charge is -2.09. The average molecular weight is 315 g/mol. The van der Waals surface area contributed by atoms with Crippen LogP contribution >= 0.6 is 0 Å². The van der Waals surface area contributed by atoms with E-state index in [1.165, 1.54) is 11.1 Å². The van der Waals surface area contributed by atoms with E-state index in [-0.39, 0.29) is 5.75 Å². The largest absolute Gasteiger partial charge is 0.507 e. The highest BCUT2D eigenvalue weighted by atomic mass is 16.3. The second-order valence-electron chi connectivity index (χ2n) is 6.22. The smallest absolute Gasteiger partial charge is 0.132 e. The molecule has 0 aliphatic heterocycles. The molecule has 0 radical (unpaired) electrons. The molecule has 0 saturated heterocycles. The van der Waals surface area contributed by atoms with E-state index in [9.17, 15) is 5.11 Å². The van der Waals surface area contributed by atoms with Gasteiger partial charge in [-0.2, -0.15) is 0 Å². The molecule has 0 heterocycles. The summed E-state index contributed by atoms with van der Waals surface area (Å²) in [6.45, 7) is 6.15. The first-order valence-corrected chi connectivity index (χ1v) is 8.04.